The third kappa shape index (κ3) is 5.25. The highest BCUT2D eigenvalue weighted by Crippen LogP contribution is 2.33. The summed E-state index contributed by atoms with van der Waals surface area (Å²) in [6.07, 6.45) is 4.43. The third-order valence-electron chi connectivity index (χ3n) is 5.49. The van der Waals surface area contributed by atoms with Crippen molar-refractivity contribution in [3.63, 3.8) is 0 Å². The maximum absolute atomic E-state index is 12.9. The van der Waals surface area contributed by atoms with Crippen molar-refractivity contribution >= 4 is 17.3 Å². The summed E-state index contributed by atoms with van der Waals surface area (Å²) in [5.41, 5.74) is 3.12. The lowest BCUT2D eigenvalue weighted by Gasteiger charge is -2.27. The molecule has 2 aromatic rings. The van der Waals surface area contributed by atoms with Gasteiger partial charge in [-0.1, -0.05) is 74.0 Å². The molecule has 0 aliphatic heterocycles. The summed E-state index contributed by atoms with van der Waals surface area (Å²) in [5, 5.41) is 0. The highest BCUT2D eigenvalue weighted by Gasteiger charge is 2.38. The number of Topliss-reactive ketones (excluding diaryl/α,β-unsaturated/α-hetero) is 2. The third-order valence-corrected chi connectivity index (χ3v) is 5.49. The first-order valence-electron chi connectivity index (χ1n) is 10.4. The van der Waals surface area contributed by atoms with Crippen molar-refractivity contribution in [1.82, 2.24) is 0 Å². The van der Waals surface area contributed by atoms with Gasteiger partial charge < -0.3 is 0 Å². The Morgan fingerprint density at radius 1 is 0.929 bits per heavy atom. The van der Waals surface area contributed by atoms with Crippen LogP contribution in [-0.4, -0.2) is 23.8 Å². The summed E-state index contributed by atoms with van der Waals surface area (Å²) in [7, 11) is 0. The molecule has 1 aliphatic rings. The van der Waals surface area contributed by atoms with Crippen molar-refractivity contribution < 1.29 is 9.59 Å². The van der Waals surface area contributed by atoms with Gasteiger partial charge in [-0.05, 0) is 36.3 Å². The van der Waals surface area contributed by atoms with E-state index < -0.39 is 5.92 Å². The van der Waals surface area contributed by atoms with E-state index in [9.17, 15) is 9.59 Å². The Kier molecular flexibility index (Phi) is 7.30. The minimum Gasteiger partial charge on any atom is -0.298 e. The number of carbonyl (C=O) groups is 2. The van der Waals surface area contributed by atoms with E-state index in [-0.39, 0.29) is 17.5 Å². The van der Waals surface area contributed by atoms with Crippen LogP contribution >= 0.6 is 0 Å². The van der Waals surface area contributed by atoms with E-state index in [1.807, 2.05) is 48.5 Å². The van der Waals surface area contributed by atoms with Gasteiger partial charge in [0.1, 0.15) is 17.5 Å². The molecule has 0 aromatic heterocycles. The van der Waals surface area contributed by atoms with Crippen molar-refractivity contribution in [2.24, 2.45) is 10.9 Å². The normalized spacial score (nSPS) is 20.4. The maximum Gasteiger partial charge on any atom is 0.149 e. The zero-order chi connectivity index (χ0) is 19.8. The van der Waals surface area contributed by atoms with Crippen LogP contribution in [0.5, 0.6) is 0 Å². The number of aliphatic imine (C=N–C) groups is 1. The van der Waals surface area contributed by atoms with Gasteiger partial charge in [0, 0.05) is 25.1 Å². The van der Waals surface area contributed by atoms with Gasteiger partial charge in [0.05, 0.1) is 0 Å². The molecule has 1 aliphatic carbocycles. The Hall–Kier alpha value is -2.55. The van der Waals surface area contributed by atoms with Crippen LogP contribution in [0.3, 0.4) is 0 Å². The smallest absolute Gasteiger partial charge is 0.149 e. The van der Waals surface area contributed by atoms with Gasteiger partial charge >= 0.3 is 0 Å². The number of rotatable bonds is 8. The molecule has 0 saturated heterocycles. The Morgan fingerprint density at radius 3 is 2.14 bits per heavy atom. The van der Waals surface area contributed by atoms with E-state index in [4.69, 9.17) is 4.99 Å². The average molecular weight is 376 g/mol. The minimum atomic E-state index is -0.623. The van der Waals surface area contributed by atoms with Crippen molar-refractivity contribution in [3.8, 4) is 0 Å². The molecule has 3 rings (SSSR count). The highest BCUT2D eigenvalue weighted by molar-refractivity contribution is 6.22. The lowest BCUT2D eigenvalue weighted by atomic mass is 9.74. The molecule has 0 bridgehead atoms. The second-order valence-electron chi connectivity index (χ2n) is 7.59. The Bertz CT molecular complexity index is 793. The fraction of sp³-hybridized carbons (Fsp3) is 0.400. The second-order valence-corrected chi connectivity index (χ2v) is 7.59. The monoisotopic (exact) mass is 375 g/mol. The molecule has 146 valence electrons. The minimum absolute atomic E-state index is 0.00851. The molecule has 0 heterocycles. The predicted molar refractivity (Wildman–Crippen MR) is 114 cm³/mol. The summed E-state index contributed by atoms with van der Waals surface area (Å²) in [6.45, 7) is 2.75. The molecule has 0 spiro atoms. The number of nitrogens with zero attached hydrogens (tertiary/aromatic N) is 1. The van der Waals surface area contributed by atoms with Gasteiger partial charge in [-0.2, -0.15) is 0 Å². The predicted octanol–water partition coefficient (Wildman–Crippen LogP) is 5.19. The standard InChI is InChI=1S/C25H29NO2/c1-2-3-14-22(26-16-15-19-10-6-4-7-11-19)25-23(27)17-21(18-24(25)28)20-12-8-5-9-13-20/h4-13,21,25H,2-3,14-18H2,1H3. The average Bonchev–Trinajstić information content (AvgIpc) is 2.72. The maximum atomic E-state index is 12.9. The summed E-state index contributed by atoms with van der Waals surface area (Å²) < 4.78 is 0. The van der Waals surface area contributed by atoms with Crippen LogP contribution < -0.4 is 0 Å². The van der Waals surface area contributed by atoms with Crippen LogP contribution in [0, 0.1) is 5.92 Å². The topological polar surface area (TPSA) is 46.5 Å². The number of benzene rings is 2. The SMILES string of the molecule is CCCCC(=NCCc1ccccc1)C1C(=O)CC(c2ccccc2)CC1=O. The van der Waals surface area contributed by atoms with Crippen molar-refractivity contribution in [1.29, 1.82) is 0 Å². The van der Waals surface area contributed by atoms with Crippen molar-refractivity contribution in [3.05, 3.63) is 71.8 Å². The van der Waals surface area contributed by atoms with Crippen LogP contribution in [0.1, 0.15) is 56.1 Å². The van der Waals surface area contributed by atoms with E-state index in [0.29, 0.717) is 19.4 Å². The van der Waals surface area contributed by atoms with Crippen LogP contribution in [0.15, 0.2) is 65.7 Å². The fourth-order valence-electron chi connectivity index (χ4n) is 3.95. The molecule has 2 aromatic carbocycles. The lowest BCUT2D eigenvalue weighted by molar-refractivity contribution is -0.133. The first-order chi connectivity index (χ1) is 13.7. The highest BCUT2D eigenvalue weighted by atomic mass is 16.2. The Balaban J connectivity index is 1.71. The summed E-state index contributed by atoms with van der Waals surface area (Å²) in [5.74, 6) is -0.532. The first kappa shape index (κ1) is 20.2. The molecule has 0 N–H and O–H groups in total. The molecule has 1 saturated carbocycles. The van der Waals surface area contributed by atoms with Crippen molar-refractivity contribution in [2.45, 2.75) is 51.4 Å². The number of hydrogen-bond donors (Lipinski definition) is 0. The second kappa shape index (κ2) is 10.1. The van der Waals surface area contributed by atoms with Gasteiger partial charge in [0.15, 0.2) is 0 Å². The molecular weight excluding hydrogens is 346 g/mol. The molecule has 0 amide bonds. The van der Waals surface area contributed by atoms with Crippen LogP contribution in [-0.2, 0) is 16.0 Å². The zero-order valence-electron chi connectivity index (χ0n) is 16.6. The molecular formula is C25H29NO2. The van der Waals surface area contributed by atoms with Gasteiger partial charge in [-0.15, -0.1) is 0 Å². The first-order valence-corrected chi connectivity index (χ1v) is 10.4. The molecule has 0 radical (unpaired) electrons. The Morgan fingerprint density at radius 2 is 1.54 bits per heavy atom. The fourth-order valence-corrected chi connectivity index (χ4v) is 3.95. The number of ketones is 2. The molecule has 28 heavy (non-hydrogen) atoms. The molecule has 0 atom stereocenters. The molecule has 3 nitrogen and oxygen atoms in total. The van der Waals surface area contributed by atoms with E-state index >= 15 is 0 Å². The summed E-state index contributed by atoms with van der Waals surface area (Å²) in [4.78, 5) is 30.6. The van der Waals surface area contributed by atoms with Crippen LogP contribution in [0.4, 0.5) is 0 Å². The van der Waals surface area contributed by atoms with Gasteiger partial charge in [0.25, 0.3) is 0 Å². The Labute approximate surface area is 167 Å². The van der Waals surface area contributed by atoms with Gasteiger partial charge in [-0.3, -0.25) is 14.6 Å². The summed E-state index contributed by atoms with van der Waals surface area (Å²) >= 11 is 0. The lowest BCUT2D eigenvalue weighted by Crippen LogP contribution is -2.38. The number of carbonyl (C=O) groups excluding carboxylic acids is 2. The number of unbranched alkanes of at least 4 members (excludes halogenated alkanes) is 1. The van der Waals surface area contributed by atoms with E-state index in [1.54, 1.807) is 0 Å². The van der Waals surface area contributed by atoms with Gasteiger partial charge in [-0.25, -0.2) is 0 Å². The molecule has 0 unspecified atom stereocenters. The van der Waals surface area contributed by atoms with Crippen LogP contribution in [0.2, 0.25) is 0 Å². The zero-order valence-corrected chi connectivity index (χ0v) is 16.6. The number of hydrogen-bond acceptors (Lipinski definition) is 3. The van der Waals surface area contributed by atoms with Gasteiger partial charge in [0.2, 0.25) is 0 Å². The van der Waals surface area contributed by atoms with E-state index in [1.165, 1.54) is 5.56 Å². The largest absolute Gasteiger partial charge is 0.298 e. The van der Waals surface area contributed by atoms with E-state index in [2.05, 4.69) is 19.1 Å². The summed E-state index contributed by atoms with van der Waals surface area (Å²) in [6, 6.07) is 20.1. The quantitative estimate of drug-likeness (QED) is 0.471. The molecule has 1 fully saturated rings. The van der Waals surface area contributed by atoms with E-state index in [0.717, 1.165) is 37.0 Å². The van der Waals surface area contributed by atoms with Crippen molar-refractivity contribution in [2.75, 3.05) is 6.54 Å². The van der Waals surface area contributed by atoms with Crippen LogP contribution in [0.25, 0.3) is 0 Å². The molecule has 3 heteroatoms.